The molecule has 1 aliphatic rings. The Labute approximate surface area is 167 Å². The van der Waals surface area contributed by atoms with Crippen molar-refractivity contribution < 1.29 is 57.1 Å². The normalized spacial score (nSPS) is 23.7. The molecule has 0 aromatic heterocycles. The lowest BCUT2D eigenvalue weighted by atomic mass is 9.99. The van der Waals surface area contributed by atoms with Crippen LogP contribution in [-0.4, -0.2) is 103 Å². The smallest absolute Gasteiger partial charge is 0.331 e. The Bertz CT molecular complexity index is 563. The number of hydrogen-bond donors (Lipinski definition) is 0. The monoisotopic (exact) mass is 422 g/mol. The number of carbonyl (C=O) groups is 4. The number of hydrogen-bond acceptors (Lipinski definition) is 12. The van der Waals surface area contributed by atoms with E-state index in [2.05, 4.69) is 14.2 Å². The molecule has 0 aromatic rings. The Balaban J connectivity index is 2.91. The second kappa shape index (κ2) is 13.0. The van der Waals surface area contributed by atoms with Crippen molar-refractivity contribution >= 4 is 23.9 Å². The molecule has 12 heteroatoms. The van der Waals surface area contributed by atoms with Gasteiger partial charge in [-0.25, -0.2) is 14.4 Å². The standard InChI is InChI=1S/C17H26O12/c1-10(18)29-17-11(5-25-7-13(19)22-2)26-6-12(27-8-14(20)23-3)16(17)28-9-15(21)24-4/h11-12,16-17H,5-9H2,1-4H3. The fourth-order valence-electron chi connectivity index (χ4n) is 2.43. The van der Waals surface area contributed by atoms with Crippen molar-refractivity contribution in [1.82, 2.24) is 0 Å². The molecule has 1 rings (SSSR count). The third-order valence-corrected chi connectivity index (χ3v) is 3.83. The third kappa shape index (κ3) is 8.73. The second-order valence-corrected chi connectivity index (χ2v) is 5.81. The molecule has 0 aromatic carbocycles. The van der Waals surface area contributed by atoms with Crippen molar-refractivity contribution in [2.24, 2.45) is 0 Å². The number of methoxy groups -OCH3 is 3. The summed E-state index contributed by atoms with van der Waals surface area (Å²) in [6.45, 7) is -0.199. The van der Waals surface area contributed by atoms with Crippen molar-refractivity contribution in [3.05, 3.63) is 0 Å². The quantitative estimate of drug-likeness (QED) is 0.286. The molecule has 0 aliphatic carbocycles. The van der Waals surface area contributed by atoms with Crippen LogP contribution < -0.4 is 0 Å². The lowest BCUT2D eigenvalue weighted by Crippen LogP contribution is -2.58. The van der Waals surface area contributed by atoms with Gasteiger partial charge in [0.05, 0.1) is 34.5 Å². The molecule has 12 nitrogen and oxygen atoms in total. The van der Waals surface area contributed by atoms with Crippen molar-refractivity contribution in [2.45, 2.75) is 31.3 Å². The van der Waals surface area contributed by atoms with E-state index in [-0.39, 0.29) is 19.8 Å². The van der Waals surface area contributed by atoms with Crippen LogP contribution in [0.2, 0.25) is 0 Å². The molecule has 4 unspecified atom stereocenters. The van der Waals surface area contributed by atoms with Gasteiger partial charge >= 0.3 is 23.9 Å². The fraction of sp³-hybridized carbons (Fsp3) is 0.765. The summed E-state index contributed by atoms with van der Waals surface area (Å²) in [6, 6.07) is 0. The van der Waals surface area contributed by atoms with Crippen LogP contribution in [0.1, 0.15) is 6.92 Å². The molecule has 0 amide bonds. The summed E-state index contributed by atoms with van der Waals surface area (Å²) in [5, 5.41) is 0. The van der Waals surface area contributed by atoms with Crippen molar-refractivity contribution in [3.63, 3.8) is 0 Å². The minimum Gasteiger partial charge on any atom is -0.467 e. The Morgan fingerprint density at radius 3 is 1.93 bits per heavy atom. The predicted octanol–water partition coefficient (Wildman–Crippen LogP) is -1.38. The fourth-order valence-corrected chi connectivity index (χ4v) is 2.43. The average Bonchev–Trinajstić information content (AvgIpc) is 2.71. The van der Waals surface area contributed by atoms with E-state index in [4.69, 9.17) is 23.7 Å². The molecule has 166 valence electrons. The van der Waals surface area contributed by atoms with Gasteiger partial charge in [-0.05, 0) is 0 Å². The van der Waals surface area contributed by atoms with E-state index in [0.717, 1.165) is 0 Å². The molecule has 1 fully saturated rings. The molecule has 0 saturated carbocycles. The lowest BCUT2D eigenvalue weighted by molar-refractivity contribution is -0.237. The van der Waals surface area contributed by atoms with Gasteiger partial charge in [0.15, 0.2) is 6.10 Å². The lowest BCUT2D eigenvalue weighted by Gasteiger charge is -2.41. The summed E-state index contributed by atoms with van der Waals surface area (Å²) >= 11 is 0. The molecule has 0 N–H and O–H groups in total. The van der Waals surface area contributed by atoms with Crippen LogP contribution in [0.4, 0.5) is 0 Å². The highest BCUT2D eigenvalue weighted by molar-refractivity contribution is 5.71. The Morgan fingerprint density at radius 1 is 0.828 bits per heavy atom. The average molecular weight is 422 g/mol. The van der Waals surface area contributed by atoms with E-state index in [1.165, 1.54) is 28.3 Å². The zero-order chi connectivity index (χ0) is 21.8. The molecule has 0 radical (unpaired) electrons. The molecule has 29 heavy (non-hydrogen) atoms. The van der Waals surface area contributed by atoms with E-state index >= 15 is 0 Å². The maximum atomic E-state index is 11.6. The molecular weight excluding hydrogens is 396 g/mol. The zero-order valence-corrected chi connectivity index (χ0v) is 16.7. The van der Waals surface area contributed by atoms with Gasteiger partial charge in [-0.3, -0.25) is 4.79 Å². The molecule has 4 atom stereocenters. The Morgan fingerprint density at radius 2 is 1.38 bits per heavy atom. The second-order valence-electron chi connectivity index (χ2n) is 5.81. The van der Waals surface area contributed by atoms with Crippen molar-refractivity contribution in [3.8, 4) is 0 Å². The van der Waals surface area contributed by atoms with Crippen molar-refractivity contribution in [1.29, 1.82) is 0 Å². The van der Waals surface area contributed by atoms with E-state index < -0.39 is 61.5 Å². The van der Waals surface area contributed by atoms with Crippen LogP contribution in [0.25, 0.3) is 0 Å². The third-order valence-electron chi connectivity index (χ3n) is 3.83. The number of carbonyl (C=O) groups excluding carboxylic acids is 4. The number of rotatable bonds is 11. The SMILES string of the molecule is COC(=O)COCC1OCC(OCC(=O)OC)C(OCC(=O)OC)C1OC(C)=O. The molecular formula is C17H26O12. The van der Waals surface area contributed by atoms with Gasteiger partial charge in [0, 0.05) is 6.92 Å². The molecule has 1 heterocycles. The van der Waals surface area contributed by atoms with E-state index in [1.54, 1.807) is 0 Å². The van der Waals surface area contributed by atoms with Crippen LogP contribution in [0, 0.1) is 0 Å². The molecule has 1 saturated heterocycles. The van der Waals surface area contributed by atoms with Gasteiger partial charge in [-0.2, -0.15) is 0 Å². The highest BCUT2D eigenvalue weighted by Gasteiger charge is 2.45. The van der Waals surface area contributed by atoms with Crippen LogP contribution in [0.3, 0.4) is 0 Å². The number of esters is 4. The molecule has 0 bridgehead atoms. The van der Waals surface area contributed by atoms with Gasteiger partial charge < -0.3 is 37.9 Å². The molecule has 1 aliphatic heterocycles. The van der Waals surface area contributed by atoms with Gasteiger partial charge in [0.1, 0.15) is 38.1 Å². The van der Waals surface area contributed by atoms with E-state index in [1.807, 2.05) is 0 Å². The van der Waals surface area contributed by atoms with Crippen LogP contribution in [0.15, 0.2) is 0 Å². The van der Waals surface area contributed by atoms with Gasteiger partial charge in [-0.1, -0.05) is 0 Å². The van der Waals surface area contributed by atoms with Gasteiger partial charge in [0.25, 0.3) is 0 Å². The summed E-state index contributed by atoms with van der Waals surface area (Å²) in [6.07, 6.45) is -3.72. The molecule has 0 spiro atoms. The van der Waals surface area contributed by atoms with Crippen LogP contribution in [-0.2, 0) is 57.1 Å². The first-order valence-corrected chi connectivity index (χ1v) is 8.62. The number of ether oxygens (including phenoxy) is 8. The van der Waals surface area contributed by atoms with Gasteiger partial charge in [0.2, 0.25) is 0 Å². The van der Waals surface area contributed by atoms with Crippen LogP contribution in [0.5, 0.6) is 0 Å². The minimum absolute atomic E-state index is 0.0626. The van der Waals surface area contributed by atoms with E-state index in [9.17, 15) is 19.2 Å². The summed E-state index contributed by atoms with van der Waals surface area (Å²) < 4.78 is 40.7. The van der Waals surface area contributed by atoms with E-state index in [0.29, 0.717) is 0 Å². The summed E-state index contributed by atoms with van der Waals surface area (Å²) in [5.41, 5.74) is 0. The highest BCUT2D eigenvalue weighted by atomic mass is 16.6. The summed E-state index contributed by atoms with van der Waals surface area (Å²) in [4.78, 5) is 45.7. The topological polar surface area (TPSA) is 142 Å². The first-order chi connectivity index (χ1) is 13.8. The maximum absolute atomic E-state index is 11.6. The zero-order valence-electron chi connectivity index (χ0n) is 16.7. The summed E-state index contributed by atoms with van der Waals surface area (Å²) in [7, 11) is 3.60. The minimum atomic E-state index is -1.05. The van der Waals surface area contributed by atoms with Gasteiger partial charge in [-0.15, -0.1) is 0 Å². The largest absolute Gasteiger partial charge is 0.467 e. The Hall–Kier alpha value is -2.28. The Kier molecular flexibility index (Phi) is 11.1. The summed E-state index contributed by atoms with van der Waals surface area (Å²) in [5.74, 6) is -2.54. The first kappa shape index (κ1) is 24.8. The van der Waals surface area contributed by atoms with Crippen LogP contribution >= 0.6 is 0 Å². The maximum Gasteiger partial charge on any atom is 0.331 e. The predicted molar refractivity (Wildman–Crippen MR) is 91.6 cm³/mol. The van der Waals surface area contributed by atoms with Crippen molar-refractivity contribution in [2.75, 3.05) is 54.4 Å². The highest BCUT2D eigenvalue weighted by Crippen LogP contribution is 2.24. The first-order valence-electron chi connectivity index (χ1n) is 8.62.